The van der Waals surface area contributed by atoms with Crippen LogP contribution in [0.25, 0.3) is 0 Å². The van der Waals surface area contributed by atoms with Crippen LogP contribution < -0.4 is 5.32 Å². The molecule has 14 heavy (non-hydrogen) atoms. The van der Waals surface area contributed by atoms with Crippen LogP contribution in [0.3, 0.4) is 0 Å². The van der Waals surface area contributed by atoms with Crippen LogP contribution in [-0.4, -0.2) is 18.3 Å². The zero-order valence-corrected chi connectivity index (χ0v) is 8.59. The Balaban J connectivity index is 2.16. The molecule has 1 atom stereocenters. The van der Waals surface area contributed by atoms with E-state index in [0.29, 0.717) is 12.6 Å². The van der Waals surface area contributed by atoms with Gasteiger partial charge < -0.3 is 10.4 Å². The Kier molecular flexibility index (Phi) is 2.85. The summed E-state index contributed by atoms with van der Waals surface area (Å²) >= 11 is 0. The summed E-state index contributed by atoms with van der Waals surface area (Å²) < 4.78 is 0. The van der Waals surface area contributed by atoms with Crippen LogP contribution in [0.2, 0.25) is 0 Å². The Hall–Kier alpha value is -0.860. The summed E-state index contributed by atoms with van der Waals surface area (Å²) in [4.78, 5) is 0. The highest BCUT2D eigenvalue weighted by molar-refractivity contribution is 5.37. The van der Waals surface area contributed by atoms with E-state index in [1.807, 2.05) is 0 Å². The lowest BCUT2D eigenvalue weighted by Crippen LogP contribution is -2.22. The second kappa shape index (κ2) is 4.11. The molecule has 2 nitrogen and oxygen atoms in total. The molecule has 0 aliphatic heterocycles. The van der Waals surface area contributed by atoms with Crippen molar-refractivity contribution < 1.29 is 5.11 Å². The normalized spacial score (nSPS) is 19.7. The van der Waals surface area contributed by atoms with Gasteiger partial charge >= 0.3 is 0 Å². The Morgan fingerprint density at radius 1 is 1.50 bits per heavy atom. The number of hydrogen-bond acceptors (Lipinski definition) is 2. The molecule has 76 valence electrons. The minimum Gasteiger partial charge on any atom is -0.395 e. The number of benzene rings is 1. The topological polar surface area (TPSA) is 32.3 Å². The van der Waals surface area contributed by atoms with E-state index in [1.165, 1.54) is 29.5 Å². The fraction of sp³-hybridized carbons (Fsp3) is 0.500. The highest BCUT2D eigenvalue weighted by Crippen LogP contribution is 2.31. The van der Waals surface area contributed by atoms with E-state index < -0.39 is 0 Å². The number of hydrogen-bond donors (Lipinski definition) is 2. The largest absolute Gasteiger partial charge is 0.395 e. The van der Waals surface area contributed by atoms with Crippen molar-refractivity contribution in [1.29, 1.82) is 0 Å². The molecule has 0 aromatic heterocycles. The maximum atomic E-state index is 8.77. The lowest BCUT2D eigenvalue weighted by Gasteiger charge is -2.13. The summed E-state index contributed by atoms with van der Waals surface area (Å²) in [5.74, 6) is 0. The maximum absolute atomic E-state index is 8.77. The predicted octanol–water partition coefficient (Wildman–Crippen LogP) is 1.56. The van der Waals surface area contributed by atoms with E-state index in [9.17, 15) is 0 Å². The highest BCUT2D eigenvalue weighted by Gasteiger charge is 2.21. The molecule has 1 aromatic carbocycles. The lowest BCUT2D eigenvalue weighted by atomic mass is 10.1. The molecule has 1 aliphatic rings. The average molecular weight is 191 g/mol. The molecule has 0 saturated heterocycles. The molecule has 1 aliphatic carbocycles. The van der Waals surface area contributed by atoms with Crippen molar-refractivity contribution in [1.82, 2.24) is 5.32 Å². The third-order valence-corrected chi connectivity index (χ3v) is 2.88. The number of fused-ring (bicyclic) bond motifs is 1. The van der Waals surface area contributed by atoms with E-state index in [2.05, 4.69) is 30.4 Å². The van der Waals surface area contributed by atoms with Crippen LogP contribution in [0.1, 0.15) is 29.2 Å². The first-order valence-corrected chi connectivity index (χ1v) is 5.25. The molecule has 0 heterocycles. The summed E-state index contributed by atoms with van der Waals surface area (Å²) in [6.07, 6.45) is 2.33. The van der Waals surface area contributed by atoms with Gasteiger partial charge in [-0.25, -0.2) is 0 Å². The van der Waals surface area contributed by atoms with E-state index in [0.717, 1.165) is 0 Å². The number of aryl methyl sites for hydroxylation is 2. The minimum atomic E-state index is 0.220. The minimum absolute atomic E-state index is 0.220. The van der Waals surface area contributed by atoms with Crippen molar-refractivity contribution in [3.63, 3.8) is 0 Å². The number of nitrogens with one attached hydrogen (secondary N) is 1. The molecule has 0 bridgehead atoms. The number of rotatable bonds is 3. The van der Waals surface area contributed by atoms with E-state index >= 15 is 0 Å². The zero-order chi connectivity index (χ0) is 9.97. The van der Waals surface area contributed by atoms with Gasteiger partial charge in [0, 0.05) is 12.6 Å². The van der Waals surface area contributed by atoms with Gasteiger partial charge in [0.05, 0.1) is 6.61 Å². The molecule has 0 fully saturated rings. The summed E-state index contributed by atoms with van der Waals surface area (Å²) in [5.41, 5.74) is 4.21. The molecule has 2 heteroatoms. The van der Waals surface area contributed by atoms with Gasteiger partial charge in [0.25, 0.3) is 0 Å². The summed E-state index contributed by atoms with van der Waals surface area (Å²) in [6, 6.07) is 7.12. The lowest BCUT2D eigenvalue weighted by molar-refractivity contribution is 0.284. The maximum Gasteiger partial charge on any atom is 0.0556 e. The van der Waals surface area contributed by atoms with Crippen LogP contribution in [0.4, 0.5) is 0 Å². The standard InChI is InChI=1S/C12H17NO/c1-9-2-3-10-4-5-12(11(10)8-9)13-6-7-14/h2-3,8,12-14H,4-7H2,1H3. The molecule has 0 spiro atoms. The van der Waals surface area contributed by atoms with Crippen molar-refractivity contribution in [3.05, 3.63) is 34.9 Å². The SMILES string of the molecule is Cc1ccc2c(c1)C(NCCO)CC2. The van der Waals surface area contributed by atoms with Crippen LogP contribution in [-0.2, 0) is 6.42 Å². The average Bonchev–Trinajstić information content (AvgIpc) is 2.57. The van der Waals surface area contributed by atoms with Gasteiger partial charge in [0.1, 0.15) is 0 Å². The quantitative estimate of drug-likeness (QED) is 0.760. The fourth-order valence-corrected chi connectivity index (χ4v) is 2.17. The number of aliphatic hydroxyl groups is 1. The van der Waals surface area contributed by atoms with E-state index in [4.69, 9.17) is 5.11 Å². The smallest absolute Gasteiger partial charge is 0.0556 e. The third kappa shape index (κ3) is 1.81. The first-order chi connectivity index (χ1) is 6.81. The first-order valence-electron chi connectivity index (χ1n) is 5.25. The van der Waals surface area contributed by atoms with Crippen LogP contribution in [0.15, 0.2) is 18.2 Å². The third-order valence-electron chi connectivity index (χ3n) is 2.88. The Labute approximate surface area is 85.0 Å². The van der Waals surface area contributed by atoms with Crippen LogP contribution >= 0.6 is 0 Å². The van der Waals surface area contributed by atoms with Gasteiger partial charge in [0.2, 0.25) is 0 Å². The second-order valence-corrected chi connectivity index (χ2v) is 3.97. The van der Waals surface area contributed by atoms with Gasteiger partial charge in [-0.2, -0.15) is 0 Å². The van der Waals surface area contributed by atoms with Crippen molar-refractivity contribution in [2.24, 2.45) is 0 Å². The van der Waals surface area contributed by atoms with Crippen LogP contribution in [0.5, 0.6) is 0 Å². The van der Waals surface area contributed by atoms with Gasteiger partial charge in [-0.3, -0.25) is 0 Å². The van der Waals surface area contributed by atoms with Crippen molar-refractivity contribution in [2.45, 2.75) is 25.8 Å². The molecule has 0 saturated carbocycles. The molecule has 0 radical (unpaired) electrons. The van der Waals surface area contributed by atoms with Crippen LogP contribution in [0, 0.1) is 6.92 Å². The summed E-state index contributed by atoms with van der Waals surface area (Å²) in [5, 5.41) is 12.1. The predicted molar refractivity (Wildman–Crippen MR) is 57.3 cm³/mol. The Morgan fingerprint density at radius 3 is 3.14 bits per heavy atom. The molecular weight excluding hydrogens is 174 g/mol. The monoisotopic (exact) mass is 191 g/mol. The van der Waals surface area contributed by atoms with Gasteiger partial charge in [0.15, 0.2) is 0 Å². The van der Waals surface area contributed by atoms with E-state index in [1.54, 1.807) is 0 Å². The first kappa shape index (κ1) is 9.69. The van der Waals surface area contributed by atoms with Crippen molar-refractivity contribution in [3.8, 4) is 0 Å². The summed E-state index contributed by atoms with van der Waals surface area (Å²) in [7, 11) is 0. The molecule has 2 N–H and O–H groups in total. The molecular formula is C12H17NO. The van der Waals surface area contributed by atoms with E-state index in [-0.39, 0.29) is 6.61 Å². The Morgan fingerprint density at radius 2 is 2.36 bits per heavy atom. The number of aliphatic hydroxyl groups excluding tert-OH is 1. The molecule has 0 amide bonds. The fourth-order valence-electron chi connectivity index (χ4n) is 2.17. The van der Waals surface area contributed by atoms with Gasteiger partial charge in [-0.05, 0) is 30.9 Å². The Bertz CT molecular complexity index is 322. The van der Waals surface area contributed by atoms with Crippen molar-refractivity contribution >= 4 is 0 Å². The highest BCUT2D eigenvalue weighted by atomic mass is 16.3. The molecule has 1 unspecified atom stereocenters. The van der Waals surface area contributed by atoms with Crippen molar-refractivity contribution in [2.75, 3.05) is 13.2 Å². The zero-order valence-electron chi connectivity index (χ0n) is 8.59. The van der Waals surface area contributed by atoms with Gasteiger partial charge in [-0.15, -0.1) is 0 Å². The molecule has 2 rings (SSSR count). The molecule has 1 aromatic rings. The summed E-state index contributed by atoms with van der Waals surface area (Å²) in [6.45, 7) is 3.04. The second-order valence-electron chi connectivity index (χ2n) is 3.97. The van der Waals surface area contributed by atoms with Gasteiger partial charge in [-0.1, -0.05) is 23.8 Å².